The van der Waals surface area contributed by atoms with E-state index < -0.39 is 6.04 Å². The van der Waals surface area contributed by atoms with Gasteiger partial charge in [-0.3, -0.25) is 9.59 Å². The van der Waals surface area contributed by atoms with Gasteiger partial charge in [0.05, 0.1) is 6.61 Å². The van der Waals surface area contributed by atoms with Gasteiger partial charge in [-0.15, -0.1) is 0 Å². The van der Waals surface area contributed by atoms with Crippen molar-refractivity contribution in [1.29, 1.82) is 0 Å². The van der Waals surface area contributed by atoms with Crippen molar-refractivity contribution in [2.45, 2.75) is 59.4 Å². The molecule has 0 aromatic heterocycles. The van der Waals surface area contributed by atoms with Gasteiger partial charge in [-0.05, 0) is 68.7 Å². The number of anilines is 1. The molecule has 5 heteroatoms. The highest BCUT2D eigenvalue weighted by Gasteiger charge is 2.29. The average Bonchev–Trinajstić information content (AvgIpc) is 2.61. The summed E-state index contributed by atoms with van der Waals surface area (Å²) >= 11 is 0. The molecule has 1 aromatic carbocycles. The second kappa shape index (κ2) is 9.60. The second-order valence-electron chi connectivity index (χ2n) is 7.63. The van der Waals surface area contributed by atoms with Crippen LogP contribution in [0.5, 0.6) is 5.75 Å². The third-order valence-corrected chi connectivity index (χ3v) is 5.07. The highest BCUT2D eigenvalue weighted by Crippen LogP contribution is 2.28. The first-order valence-electron chi connectivity index (χ1n) is 9.74. The van der Waals surface area contributed by atoms with E-state index >= 15 is 0 Å². The zero-order chi connectivity index (χ0) is 19.1. The largest absolute Gasteiger partial charge is 0.494 e. The number of carbonyl (C=O) groups is 2. The van der Waals surface area contributed by atoms with Crippen molar-refractivity contribution in [2.75, 3.05) is 11.9 Å². The van der Waals surface area contributed by atoms with Gasteiger partial charge in [0.25, 0.3) is 0 Å². The Morgan fingerprint density at radius 1 is 1.12 bits per heavy atom. The highest BCUT2D eigenvalue weighted by molar-refractivity contribution is 5.97. The highest BCUT2D eigenvalue weighted by atomic mass is 16.5. The predicted molar refractivity (Wildman–Crippen MR) is 104 cm³/mol. The lowest BCUT2D eigenvalue weighted by molar-refractivity contribution is -0.131. The molecule has 1 fully saturated rings. The molecule has 2 rings (SSSR count). The van der Waals surface area contributed by atoms with E-state index in [1.807, 2.05) is 45.0 Å². The molecule has 1 saturated carbocycles. The van der Waals surface area contributed by atoms with E-state index in [0.29, 0.717) is 18.2 Å². The standard InChI is InChI=1S/C21H32N2O3/c1-5-26-18-12-10-17(11-13-18)22-21(25)19(14(2)3)23-20(24)16-8-6-15(4)7-9-16/h10-16,19H,5-9H2,1-4H3,(H,22,25)(H,23,24)/t15?,16?,19-/m0/s1. The monoisotopic (exact) mass is 360 g/mol. The van der Waals surface area contributed by atoms with Crippen molar-refractivity contribution in [3.8, 4) is 5.75 Å². The van der Waals surface area contributed by atoms with Crippen molar-refractivity contribution >= 4 is 17.5 Å². The fourth-order valence-electron chi connectivity index (χ4n) is 3.35. The summed E-state index contributed by atoms with van der Waals surface area (Å²) in [6, 6.07) is 6.74. The van der Waals surface area contributed by atoms with Gasteiger partial charge in [-0.25, -0.2) is 0 Å². The molecule has 0 heterocycles. The Kier molecular flexibility index (Phi) is 7.49. The first-order chi connectivity index (χ1) is 12.4. The minimum atomic E-state index is -0.534. The molecule has 26 heavy (non-hydrogen) atoms. The fraction of sp³-hybridized carbons (Fsp3) is 0.619. The van der Waals surface area contributed by atoms with Crippen molar-refractivity contribution in [3.63, 3.8) is 0 Å². The van der Waals surface area contributed by atoms with Gasteiger partial charge in [0, 0.05) is 11.6 Å². The molecule has 0 aliphatic heterocycles. The third-order valence-electron chi connectivity index (χ3n) is 5.07. The fourth-order valence-corrected chi connectivity index (χ4v) is 3.35. The Morgan fingerprint density at radius 3 is 2.27 bits per heavy atom. The van der Waals surface area contributed by atoms with Crippen LogP contribution in [0.4, 0.5) is 5.69 Å². The SMILES string of the molecule is CCOc1ccc(NC(=O)[C@@H](NC(=O)C2CCC(C)CC2)C(C)C)cc1. The molecular formula is C21H32N2O3. The maximum absolute atomic E-state index is 12.7. The molecule has 0 bridgehead atoms. The molecule has 1 atom stereocenters. The van der Waals surface area contributed by atoms with Crippen LogP contribution in [-0.2, 0) is 9.59 Å². The van der Waals surface area contributed by atoms with Crippen LogP contribution in [0.1, 0.15) is 53.4 Å². The maximum Gasteiger partial charge on any atom is 0.247 e. The summed E-state index contributed by atoms with van der Waals surface area (Å²) in [5, 5.41) is 5.88. The van der Waals surface area contributed by atoms with Gasteiger partial charge >= 0.3 is 0 Å². The summed E-state index contributed by atoms with van der Waals surface area (Å²) in [6.07, 6.45) is 4.00. The van der Waals surface area contributed by atoms with Gasteiger partial charge in [0.15, 0.2) is 0 Å². The zero-order valence-electron chi connectivity index (χ0n) is 16.4. The minimum Gasteiger partial charge on any atom is -0.494 e. The van der Waals surface area contributed by atoms with Gasteiger partial charge in [-0.1, -0.05) is 20.8 Å². The van der Waals surface area contributed by atoms with Crippen LogP contribution >= 0.6 is 0 Å². The van der Waals surface area contributed by atoms with Crippen LogP contribution < -0.4 is 15.4 Å². The number of ether oxygens (including phenoxy) is 1. The lowest BCUT2D eigenvalue weighted by Gasteiger charge is -2.28. The molecule has 2 amide bonds. The number of nitrogens with one attached hydrogen (secondary N) is 2. The van der Waals surface area contributed by atoms with Crippen molar-refractivity contribution in [2.24, 2.45) is 17.8 Å². The van der Waals surface area contributed by atoms with Crippen LogP contribution in [0, 0.1) is 17.8 Å². The summed E-state index contributed by atoms with van der Waals surface area (Å²) in [5.74, 6) is 1.35. The molecule has 0 unspecified atom stereocenters. The molecule has 1 aliphatic carbocycles. The summed E-state index contributed by atoms with van der Waals surface area (Å²) in [4.78, 5) is 25.3. The molecule has 1 aromatic rings. The van der Waals surface area contributed by atoms with Gasteiger partial charge in [0.1, 0.15) is 11.8 Å². The van der Waals surface area contributed by atoms with Gasteiger partial charge in [0.2, 0.25) is 11.8 Å². The molecule has 0 spiro atoms. The number of hydrogen-bond donors (Lipinski definition) is 2. The van der Waals surface area contributed by atoms with Crippen LogP contribution in [0.3, 0.4) is 0 Å². The summed E-state index contributed by atoms with van der Waals surface area (Å²) < 4.78 is 5.41. The van der Waals surface area contributed by atoms with E-state index in [2.05, 4.69) is 17.6 Å². The molecular weight excluding hydrogens is 328 g/mol. The van der Waals surface area contributed by atoms with Crippen LogP contribution in [-0.4, -0.2) is 24.5 Å². The Hall–Kier alpha value is -2.04. The quantitative estimate of drug-likeness (QED) is 0.772. The number of rotatable bonds is 7. The first-order valence-corrected chi connectivity index (χ1v) is 9.74. The Bertz CT molecular complexity index is 590. The zero-order valence-corrected chi connectivity index (χ0v) is 16.4. The number of hydrogen-bond acceptors (Lipinski definition) is 3. The molecule has 0 saturated heterocycles. The average molecular weight is 360 g/mol. The van der Waals surface area contributed by atoms with Gasteiger partial charge in [-0.2, -0.15) is 0 Å². The predicted octanol–water partition coefficient (Wildman–Crippen LogP) is 3.99. The van der Waals surface area contributed by atoms with Crippen molar-refractivity contribution in [3.05, 3.63) is 24.3 Å². The van der Waals surface area contributed by atoms with Crippen molar-refractivity contribution in [1.82, 2.24) is 5.32 Å². The van der Waals surface area contributed by atoms with E-state index in [4.69, 9.17) is 4.74 Å². The van der Waals surface area contributed by atoms with Crippen LogP contribution in [0.25, 0.3) is 0 Å². The van der Waals surface area contributed by atoms with E-state index in [1.165, 1.54) is 0 Å². The third kappa shape index (κ3) is 5.75. The van der Waals surface area contributed by atoms with E-state index in [9.17, 15) is 9.59 Å². The molecule has 144 valence electrons. The maximum atomic E-state index is 12.7. The van der Waals surface area contributed by atoms with Crippen LogP contribution in [0.2, 0.25) is 0 Å². The second-order valence-corrected chi connectivity index (χ2v) is 7.63. The Morgan fingerprint density at radius 2 is 1.73 bits per heavy atom. The number of carbonyl (C=O) groups excluding carboxylic acids is 2. The van der Waals surface area contributed by atoms with Crippen molar-refractivity contribution < 1.29 is 14.3 Å². The molecule has 2 N–H and O–H groups in total. The summed E-state index contributed by atoms with van der Waals surface area (Å²) in [7, 11) is 0. The number of amides is 2. The number of benzene rings is 1. The smallest absolute Gasteiger partial charge is 0.247 e. The lowest BCUT2D eigenvalue weighted by atomic mass is 9.82. The Balaban J connectivity index is 1.95. The van der Waals surface area contributed by atoms with E-state index in [1.54, 1.807) is 0 Å². The molecule has 1 aliphatic rings. The molecule has 0 radical (unpaired) electrons. The lowest BCUT2D eigenvalue weighted by Crippen LogP contribution is -2.49. The van der Waals surface area contributed by atoms with E-state index in [0.717, 1.165) is 31.4 Å². The first kappa shape index (κ1) is 20.3. The Labute approximate surface area is 156 Å². The summed E-state index contributed by atoms with van der Waals surface area (Å²) in [5.41, 5.74) is 0.699. The van der Waals surface area contributed by atoms with Gasteiger partial charge < -0.3 is 15.4 Å². The molecule has 5 nitrogen and oxygen atoms in total. The minimum absolute atomic E-state index is 0.0115. The summed E-state index contributed by atoms with van der Waals surface area (Å²) in [6.45, 7) is 8.66. The normalized spacial score (nSPS) is 21.1. The van der Waals surface area contributed by atoms with Crippen LogP contribution in [0.15, 0.2) is 24.3 Å². The topological polar surface area (TPSA) is 67.4 Å². The van der Waals surface area contributed by atoms with E-state index in [-0.39, 0.29) is 23.7 Å².